The van der Waals surface area contributed by atoms with Crippen molar-refractivity contribution >= 4 is 17.0 Å². The standard InChI is InChI=1S/C21H23N3O2/c22-12-16-13-24(14-17(16)15-6-2-1-3-7-15)21(25)11-10-20-23-18-8-4-5-9-19(18)26-20/h1-9,16-17H,10-14,22H2/t16-,17+/m1/s1. The van der Waals surface area contributed by atoms with Gasteiger partial charge in [0.25, 0.3) is 0 Å². The van der Waals surface area contributed by atoms with Gasteiger partial charge in [0.2, 0.25) is 5.91 Å². The first-order valence-electron chi connectivity index (χ1n) is 9.12. The largest absolute Gasteiger partial charge is 0.441 e. The Bertz CT molecular complexity index is 857. The van der Waals surface area contributed by atoms with Crippen molar-refractivity contribution in [3.63, 3.8) is 0 Å². The first-order chi connectivity index (χ1) is 12.7. The van der Waals surface area contributed by atoms with Crippen LogP contribution < -0.4 is 5.73 Å². The van der Waals surface area contributed by atoms with E-state index in [4.69, 9.17) is 10.2 Å². The van der Waals surface area contributed by atoms with Crippen LogP contribution in [-0.2, 0) is 11.2 Å². The maximum Gasteiger partial charge on any atom is 0.223 e. The van der Waals surface area contributed by atoms with E-state index in [-0.39, 0.29) is 5.91 Å². The van der Waals surface area contributed by atoms with Crippen molar-refractivity contribution in [1.29, 1.82) is 0 Å². The van der Waals surface area contributed by atoms with E-state index < -0.39 is 0 Å². The lowest BCUT2D eigenvalue weighted by Gasteiger charge is -2.16. The van der Waals surface area contributed by atoms with Crippen LogP contribution in [-0.4, -0.2) is 35.4 Å². The predicted octanol–water partition coefficient (Wildman–Crippen LogP) is 2.96. The molecule has 5 nitrogen and oxygen atoms in total. The van der Waals surface area contributed by atoms with Crippen LogP contribution in [0.2, 0.25) is 0 Å². The van der Waals surface area contributed by atoms with Gasteiger partial charge in [-0.1, -0.05) is 42.5 Å². The second kappa shape index (κ2) is 7.30. The van der Waals surface area contributed by atoms with Crippen LogP contribution in [0.3, 0.4) is 0 Å². The lowest BCUT2D eigenvalue weighted by atomic mass is 9.89. The maximum atomic E-state index is 12.7. The van der Waals surface area contributed by atoms with Gasteiger partial charge in [0.15, 0.2) is 11.5 Å². The molecule has 1 aromatic heterocycles. The number of nitrogens with two attached hydrogens (primary N) is 1. The Hall–Kier alpha value is -2.66. The van der Waals surface area contributed by atoms with Gasteiger partial charge in [-0.2, -0.15) is 0 Å². The summed E-state index contributed by atoms with van der Waals surface area (Å²) in [6.45, 7) is 2.05. The van der Waals surface area contributed by atoms with Crippen LogP contribution in [0.25, 0.3) is 11.1 Å². The molecular formula is C21H23N3O2. The summed E-state index contributed by atoms with van der Waals surface area (Å²) in [5, 5.41) is 0. The Kier molecular flexibility index (Phi) is 4.71. The molecule has 4 rings (SSSR count). The third-order valence-corrected chi connectivity index (χ3v) is 5.22. The smallest absolute Gasteiger partial charge is 0.223 e. The number of para-hydroxylation sites is 2. The van der Waals surface area contributed by atoms with Crippen LogP contribution in [0.5, 0.6) is 0 Å². The van der Waals surface area contributed by atoms with Gasteiger partial charge in [-0.15, -0.1) is 0 Å². The van der Waals surface area contributed by atoms with Gasteiger partial charge < -0.3 is 15.1 Å². The molecule has 0 bridgehead atoms. The summed E-state index contributed by atoms with van der Waals surface area (Å²) < 4.78 is 5.71. The Morgan fingerprint density at radius 1 is 1.12 bits per heavy atom. The van der Waals surface area contributed by atoms with Crippen molar-refractivity contribution in [3.8, 4) is 0 Å². The quantitative estimate of drug-likeness (QED) is 0.769. The Balaban J connectivity index is 1.40. The molecule has 1 aliphatic rings. The number of oxazole rings is 1. The van der Waals surface area contributed by atoms with Crippen LogP contribution in [0, 0.1) is 5.92 Å². The molecular weight excluding hydrogens is 326 g/mol. The summed E-state index contributed by atoms with van der Waals surface area (Å²) >= 11 is 0. The van der Waals surface area contributed by atoms with E-state index in [0.29, 0.717) is 37.1 Å². The second-order valence-electron chi connectivity index (χ2n) is 6.89. The number of amides is 1. The fourth-order valence-electron chi connectivity index (χ4n) is 3.79. The van der Waals surface area contributed by atoms with Gasteiger partial charge >= 0.3 is 0 Å². The molecule has 26 heavy (non-hydrogen) atoms. The highest BCUT2D eigenvalue weighted by atomic mass is 16.3. The summed E-state index contributed by atoms with van der Waals surface area (Å²) in [5.74, 6) is 1.39. The molecule has 1 fully saturated rings. The van der Waals surface area contributed by atoms with E-state index >= 15 is 0 Å². The molecule has 0 saturated carbocycles. The van der Waals surface area contributed by atoms with Gasteiger partial charge in [-0.25, -0.2) is 4.98 Å². The first-order valence-corrected chi connectivity index (χ1v) is 9.12. The Labute approximate surface area is 152 Å². The van der Waals surface area contributed by atoms with Crippen LogP contribution in [0.15, 0.2) is 59.0 Å². The van der Waals surface area contributed by atoms with Crippen LogP contribution in [0.1, 0.15) is 23.8 Å². The van der Waals surface area contributed by atoms with Gasteiger partial charge in [-0.3, -0.25) is 4.79 Å². The topological polar surface area (TPSA) is 72.4 Å². The third kappa shape index (κ3) is 3.35. The summed E-state index contributed by atoms with van der Waals surface area (Å²) in [5.41, 5.74) is 8.83. The SMILES string of the molecule is NC[C@@H]1CN(C(=O)CCc2nc3ccccc3o2)C[C@H]1c1ccccc1. The van der Waals surface area contributed by atoms with Crippen molar-refractivity contribution in [2.45, 2.75) is 18.8 Å². The van der Waals surface area contributed by atoms with Crippen LogP contribution >= 0.6 is 0 Å². The molecule has 2 atom stereocenters. The van der Waals surface area contributed by atoms with E-state index in [1.165, 1.54) is 5.56 Å². The molecule has 5 heteroatoms. The number of likely N-dealkylation sites (tertiary alicyclic amines) is 1. The number of aromatic nitrogens is 1. The molecule has 2 N–H and O–H groups in total. The molecule has 0 unspecified atom stereocenters. The van der Waals surface area contributed by atoms with E-state index in [0.717, 1.165) is 24.2 Å². The molecule has 1 saturated heterocycles. The van der Waals surface area contributed by atoms with Gasteiger partial charge in [0, 0.05) is 31.8 Å². The average molecular weight is 349 g/mol. The minimum atomic E-state index is 0.143. The zero-order chi connectivity index (χ0) is 17.9. The fraction of sp³-hybridized carbons (Fsp3) is 0.333. The van der Waals surface area contributed by atoms with E-state index in [1.54, 1.807) is 0 Å². The lowest BCUT2D eigenvalue weighted by Crippen LogP contribution is -2.30. The number of benzene rings is 2. The molecule has 0 spiro atoms. The number of rotatable bonds is 5. The molecule has 0 radical (unpaired) electrons. The summed E-state index contributed by atoms with van der Waals surface area (Å²) in [7, 11) is 0. The van der Waals surface area contributed by atoms with E-state index in [2.05, 4.69) is 17.1 Å². The number of hydrogen-bond donors (Lipinski definition) is 1. The minimum Gasteiger partial charge on any atom is -0.441 e. The summed E-state index contributed by atoms with van der Waals surface area (Å²) in [6.07, 6.45) is 0.929. The molecule has 0 aliphatic carbocycles. The van der Waals surface area contributed by atoms with Crippen molar-refractivity contribution in [2.75, 3.05) is 19.6 Å². The normalized spacial score (nSPS) is 20.0. The van der Waals surface area contributed by atoms with Gasteiger partial charge in [0.05, 0.1) is 0 Å². The highest BCUT2D eigenvalue weighted by molar-refractivity contribution is 5.77. The average Bonchev–Trinajstić information content (AvgIpc) is 3.30. The number of hydrogen-bond acceptors (Lipinski definition) is 4. The third-order valence-electron chi connectivity index (χ3n) is 5.22. The minimum absolute atomic E-state index is 0.143. The molecule has 2 heterocycles. The van der Waals surface area contributed by atoms with E-state index in [9.17, 15) is 4.79 Å². The zero-order valence-electron chi connectivity index (χ0n) is 14.7. The number of carbonyl (C=O) groups excluding carboxylic acids is 1. The van der Waals surface area contributed by atoms with Crippen molar-refractivity contribution < 1.29 is 9.21 Å². The first kappa shape index (κ1) is 16.8. The fourth-order valence-corrected chi connectivity index (χ4v) is 3.79. The predicted molar refractivity (Wildman–Crippen MR) is 101 cm³/mol. The lowest BCUT2D eigenvalue weighted by molar-refractivity contribution is -0.130. The van der Waals surface area contributed by atoms with Crippen molar-refractivity contribution in [2.24, 2.45) is 11.7 Å². The highest BCUT2D eigenvalue weighted by Crippen LogP contribution is 2.32. The molecule has 1 aliphatic heterocycles. The van der Waals surface area contributed by atoms with E-state index in [1.807, 2.05) is 47.4 Å². The zero-order valence-corrected chi connectivity index (χ0v) is 14.7. The number of carbonyl (C=O) groups is 1. The molecule has 134 valence electrons. The van der Waals surface area contributed by atoms with Gasteiger partial charge in [-0.05, 0) is 30.2 Å². The van der Waals surface area contributed by atoms with Crippen molar-refractivity contribution in [3.05, 3.63) is 66.1 Å². The summed E-state index contributed by atoms with van der Waals surface area (Å²) in [6, 6.07) is 18.0. The molecule has 3 aromatic rings. The number of fused-ring (bicyclic) bond motifs is 1. The van der Waals surface area contributed by atoms with Crippen molar-refractivity contribution in [1.82, 2.24) is 9.88 Å². The maximum absolute atomic E-state index is 12.7. The molecule has 2 aromatic carbocycles. The number of nitrogens with zero attached hydrogens (tertiary/aromatic N) is 2. The highest BCUT2D eigenvalue weighted by Gasteiger charge is 2.35. The van der Waals surface area contributed by atoms with Gasteiger partial charge in [0.1, 0.15) is 5.52 Å². The summed E-state index contributed by atoms with van der Waals surface area (Å²) in [4.78, 5) is 19.1. The Morgan fingerprint density at radius 2 is 1.88 bits per heavy atom. The van der Waals surface area contributed by atoms with Crippen LogP contribution in [0.4, 0.5) is 0 Å². The monoisotopic (exact) mass is 349 g/mol. The number of aryl methyl sites for hydroxylation is 1. The second-order valence-corrected chi connectivity index (χ2v) is 6.89. The molecule has 1 amide bonds. The Morgan fingerprint density at radius 3 is 2.65 bits per heavy atom.